The minimum atomic E-state index is -0.306. The van der Waals surface area contributed by atoms with Crippen molar-refractivity contribution in [3.8, 4) is 11.1 Å². The zero-order valence-corrected chi connectivity index (χ0v) is 18.8. The highest BCUT2D eigenvalue weighted by Crippen LogP contribution is 2.44. The zero-order valence-electron chi connectivity index (χ0n) is 18.8. The van der Waals surface area contributed by atoms with E-state index < -0.39 is 0 Å². The van der Waals surface area contributed by atoms with Crippen LogP contribution in [0.1, 0.15) is 81.3 Å². The molecule has 4 nitrogen and oxygen atoms in total. The molecule has 0 radical (unpaired) electrons. The van der Waals surface area contributed by atoms with Gasteiger partial charge >= 0.3 is 6.09 Å². The summed E-state index contributed by atoms with van der Waals surface area (Å²) in [6.07, 6.45) is 12.2. The molecule has 0 saturated carbocycles. The molecule has 2 aromatic carbocycles. The molecule has 1 amide bonds. The first-order valence-corrected chi connectivity index (χ1v) is 12.1. The smallest absolute Gasteiger partial charge is 0.407 e. The summed E-state index contributed by atoms with van der Waals surface area (Å²) < 4.78 is 5.58. The number of benzene rings is 2. The lowest BCUT2D eigenvalue weighted by Crippen LogP contribution is -2.27. The molecule has 1 aliphatic carbocycles. The van der Waals surface area contributed by atoms with Crippen molar-refractivity contribution in [2.75, 3.05) is 19.7 Å². The van der Waals surface area contributed by atoms with Gasteiger partial charge in [-0.3, -0.25) is 0 Å². The van der Waals surface area contributed by atoms with E-state index in [2.05, 4.69) is 53.8 Å². The standard InChI is InChI=1S/C27H38N2O2/c28-19-13-7-5-3-1-2-4-6-8-14-20-29-27(30)31-21-26-24-17-11-9-15-22(24)23-16-10-12-18-25(23)26/h9-12,15-18,26H,1-8,13-14,19-21,28H2,(H,29,30). The molecule has 0 spiro atoms. The fourth-order valence-electron chi connectivity index (χ4n) is 4.52. The van der Waals surface area contributed by atoms with Crippen LogP contribution in [0, 0.1) is 0 Å². The topological polar surface area (TPSA) is 64.3 Å². The lowest BCUT2D eigenvalue weighted by atomic mass is 9.98. The maximum Gasteiger partial charge on any atom is 0.407 e. The lowest BCUT2D eigenvalue weighted by Gasteiger charge is -2.14. The van der Waals surface area contributed by atoms with Crippen LogP contribution in [0.2, 0.25) is 0 Å². The van der Waals surface area contributed by atoms with Crippen LogP contribution in [0.25, 0.3) is 11.1 Å². The average molecular weight is 423 g/mol. The van der Waals surface area contributed by atoms with Crippen LogP contribution in [0.5, 0.6) is 0 Å². The van der Waals surface area contributed by atoms with Crippen LogP contribution < -0.4 is 11.1 Å². The van der Waals surface area contributed by atoms with E-state index in [1.165, 1.54) is 67.2 Å². The van der Waals surface area contributed by atoms with Crippen molar-refractivity contribution < 1.29 is 9.53 Å². The van der Waals surface area contributed by atoms with Gasteiger partial charge < -0.3 is 15.8 Å². The molecule has 0 unspecified atom stereocenters. The van der Waals surface area contributed by atoms with Crippen molar-refractivity contribution in [2.45, 2.75) is 70.1 Å². The fraction of sp³-hybridized carbons (Fsp3) is 0.519. The second kappa shape index (κ2) is 13.2. The molecular formula is C27H38N2O2. The van der Waals surface area contributed by atoms with E-state index in [1.54, 1.807) is 0 Å². The summed E-state index contributed by atoms with van der Waals surface area (Å²) in [5.74, 6) is 0.119. The van der Waals surface area contributed by atoms with E-state index in [9.17, 15) is 4.79 Å². The van der Waals surface area contributed by atoms with Gasteiger partial charge in [-0.2, -0.15) is 0 Å². The molecular weight excluding hydrogens is 384 g/mol. The van der Waals surface area contributed by atoms with Crippen molar-refractivity contribution in [1.82, 2.24) is 5.32 Å². The molecule has 2 aromatic rings. The van der Waals surface area contributed by atoms with E-state index in [0.29, 0.717) is 13.2 Å². The van der Waals surface area contributed by atoms with E-state index in [4.69, 9.17) is 10.5 Å². The summed E-state index contributed by atoms with van der Waals surface area (Å²) in [4.78, 5) is 12.2. The maximum absolute atomic E-state index is 12.2. The number of nitrogens with two attached hydrogens (primary N) is 1. The first-order valence-electron chi connectivity index (χ1n) is 12.1. The van der Waals surface area contributed by atoms with E-state index in [1.807, 2.05) is 0 Å². The summed E-state index contributed by atoms with van der Waals surface area (Å²) in [7, 11) is 0. The molecule has 0 saturated heterocycles. The molecule has 0 fully saturated rings. The van der Waals surface area contributed by atoms with Gasteiger partial charge in [-0.1, -0.05) is 99.9 Å². The molecule has 168 valence electrons. The number of nitrogens with one attached hydrogen (secondary N) is 1. The Morgan fingerprint density at radius 2 is 1.23 bits per heavy atom. The Bertz CT molecular complexity index is 760. The molecule has 0 atom stereocenters. The normalized spacial score (nSPS) is 12.4. The number of fused-ring (bicyclic) bond motifs is 3. The third-order valence-electron chi connectivity index (χ3n) is 6.24. The number of ether oxygens (including phenoxy) is 1. The van der Waals surface area contributed by atoms with Gasteiger partial charge in [-0.15, -0.1) is 0 Å². The van der Waals surface area contributed by atoms with Crippen LogP contribution in [-0.4, -0.2) is 25.8 Å². The largest absolute Gasteiger partial charge is 0.449 e. The summed E-state index contributed by atoms with van der Waals surface area (Å²) in [6.45, 7) is 1.89. The molecule has 0 bridgehead atoms. The Balaban J connectivity index is 1.26. The molecule has 3 N–H and O–H groups in total. The number of amides is 1. The second-order valence-corrected chi connectivity index (χ2v) is 8.58. The van der Waals surface area contributed by atoms with Gasteiger partial charge in [0.2, 0.25) is 0 Å². The highest BCUT2D eigenvalue weighted by Gasteiger charge is 2.28. The summed E-state index contributed by atoms with van der Waals surface area (Å²) in [5, 5.41) is 2.91. The van der Waals surface area contributed by atoms with Crippen molar-refractivity contribution >= 4 is 6.09 Å². The first-order chi connectivity index (χ1) is 15.3. The molecule has 4 heteroatoms. The predicted molar refractivity (Wildman–Crippen MR) is 128 cm³/mol. The van der Waals surface area contributed by atoms with Gasteiger partial charge in [0.05, 0.1) is 0 Å². The van der Waals surface area contributed by atoms with Gasteiger partial charge in [0.25, 0.3) is 0 Å². The van der Waals surface area contributed by atoms with Gasteiger partial charge in [0, 0.05) is 12.5 Å². The quantitative estimate of drug-likeness (QED) is 0.347. The highest BCUT2D eigenvalue weighted by molar-refractivity contribution is 5.79. The van der Waals surface area contributed by atoms with Crippen LogP contribution >= 0.6 is 0 Å². The van der Waals surface area contributed by atoms with Crippen molar-refractivity contribution in [3.63, 3.8) is 0 Å². The van der Waals surface area contributed by atoms with E-state index >= 15 is 0 Å². The zero-order chi connectivity index (χ0) is 21.7. The van der Waals surface area contributed by atoms with Crippen LogP contribution in [0.3, 0.4) is 0 Å². The lowest BCUT2D eigenvalue weighted by molar-refractivity contribution is 0.143. The fourth-order valence-corrected chi connectivity index (χ4v) is 4.52. The van der Waals surface area contributed by atoms with Crippen molar-refractivity contribution in [3.05, 3.63) is 59.7 Å². The van der Waals surface area contributed by atoms with Gasteiger partial charge in [-0.25, -0.2) is 4.79 Å². The number of unbranched alkanes of at least 4 members (excludes halogenated alkanes) is 9. The number of rotatable bonds is 14. The Morgan fingerprint density at radius 3 is 1.77 bits per heavy atom. The third kappa shape index (κ3) is 7.10. The highest BCUT2D eigenvalue weighted by atomic mass is 16.5. The number of alkyl carbamates (subject to hydrolysis) is 1. The van der Waals surface area contributed by atoms with E-state index in [0.717, 1.165) is 25.8 Å². The molecule has 0 heterocycles. The Hall–Kier alpha value is -2.33. The first kappa shape index (κ1) is 23.3. The number of hydrogen-bond acceptors (Lipinski definition) is 3. The molecule has 3 rings (SSSR count). The van der Waals surface area contributed by atoms with Gasteiger partial charge in [0.15, 0.2) is 0 Å². The predicted octanol–water partition coefficient (Wildman–Crippen LogP) is 6.38. The maximum atomic E-state index is 12.2. The monoisotopic (exact) mass is 422 g/mol. The third-order valence-corrected chi connectivity index (χ3v) is 6.24. The summed E-state index contributed by atoms with van der Waals surface area (Å²) in [5.41, 5.74) is 10.5. The SMILES string of the molecule is NCCCCCCCCCCCCNC(=O)OCC1c2ccccc2-c2ccccc21. The average Bonchev–Trinajstić information content (AvgIpc) is 3.12. The van der Waals surface area contributed by atoms with Gasteiger partial charge in [-0.05, 0) is 41.6 Å². The molecule has 0 aromatic heterocycles. The molecule has 0 aliphatic heterocycles. The number of hydrogen-bond donors (Lipinski definition) is 2. The Labute approximate surface area is 187 Å². The Morgan fingerprint density at radius 1 is 0.742 bits per heavy atom. The van der Waals surface area contributed by atoms with Crippen LogP contribution in [0.4, 0.5) is 4.79 Å². The summed E-state index contributed by atoms with van der Waals surface area (Å²) in [6, 6.07) is 16.8. The van der Waals surface area contributed by atoms with Gasteiger partial charge in [0.1, 0.15) is 6.61 Å². The van der Waals surface area contributed by atoms with Crippen LogP contribution in [-0.2, 0) is 4.74 Å². The van der Waals surface area contributed by atoms with Crippen LogP contribution in [0.15, 0.2) is 48.5 Å². The molecule has 31 heavy (non-hydrogen) atoms. The Kier molecular flexibility index (Phi) is 9.91. The number of carbonyl (C=O) groups excluding carboxylic acids is 1. The van der Waals surface area contributed by atoms with Crippen molar-refractivity contribution in [1.29, 1.82) is 0 Å². The van der Waals surface area contributed by atoms with Crippen molar-refractivity contribution in [2.24, 2.45) is 5.73 Å². The minimum absolute atomic E-state index is 0.119. The minimum Gasteiger partial charge on any atom is -0.449 e. The summed E-state index contributed by atoms with van der Waals surface area (Å²) >= 11 is 0. The second-order valence-electron chi connectivity index (χ2n) is 8.58. The molecule has 1 aliphatic rings. The van der Waals surface area contributed by atoms with E-state index in [-0.39, 0.29) is 12.0 Å². The number of carbonyl (C=O) groups is 1.